The van der Waals surface area contributed by atoms with Crippen molar-refractivity contribution in [1.82, 2.24) is 0 Å². The first-order valence-corrected chi connectivity index (χ1v) is 12.8. The van der Waals surface area contributed by atoms with E-state index in [1.807, 2.05) is 0 Å². The number of rotatable bonds is 5. The Labute approximate surface area is 184 Å². The van der Waals surface area contributed by atoms with Crippen LogP contribution in [0.2, 0.25) is 0 Å². The number of fused-ring (bicyclic) bond motifs is 5. The largest absolute Gasteiger partial charge is 0.393 e. The van der Waals surface area contributed by atoms with Gasteiger partial charge in [0.1, 0.15) is 0 Å². The minimum Gasteiger partial charge on any atom is -0.393 e. The monoisotopic (exact) mass is 418 g/mol. The first kappa shape index (κ1) is 22.8. The van der Waals surface area contributed by atoms with Gasteiger partial charge < -0.3 is 15.3 Å². The molecule has 4 aliphatic rings. The lowest BCUT2D eigenvalue weighted by molar-refractivity contribution is -0.103. The molecule has 3 heteroatoms. The summed E-state index contributed by atoms with van der Waals surface area (Å²) in [6.07, 6.45) is 10.9. The highest BCUT2D eigenvalue weighted by Gasteiger charge is 2.61. The predicted molar refractivity (Wildman–Crippen MR) is 122 cm³/mol. The Morgan fingerprint density at radius 3 is 2.40 bits per heavy atom. The maximum atomic E-state index is 11.3. The molecule has 0 radical (unpaired) electrons. The normalized spacial score (nSPS) is 47.8. The van der Waals surface area contributed by atoms with Gasteiger partial charge in [0, 0.05) is 0 Å². The van der Waals surface area contributed by atoms with E-state index in [-0.39, 0.29) is 29.1 Å². The van der Waals surface area contributed by atoms with E-state index in [1.54, 1.807) is 0 Å². The first-order chi connectivity index (χ1) is 14.1. The molecule has 0 amide bonds. The minimum atomic E-state index is -0.368. The lowest BCUT2D eigenvalue weighted by Crippen LogP contribution is -2.55. The Morgan fingerprint density at radius 2 is 1.70 bits per heavy atom. The van der Waals surface area contributed by atoms with Crippen molar-refractivity contribution in [2.24, 2.45) is 46.3 Å². The van der Waals surface area contributed by atoms with E-state index in [1.165, 1.54) is 31.3 Å². The zero-order valence-corrected chi connectivity index (χ0v) is 20.0. The van der Waals surface area contributed by atoms with Gasteiger partial charge >= 0.3 is 0 Å². The maximum absolute atomic E-state index is 11.3. The molecule has 0 bridgehead atoms. The van der Waals surface area contributed by atoms with Crippen LogP contribution in [0, 0.1) is 46.3 Å². The summed E-state index contributed by atoms with van der Waals surface area (Å²) in [5, 5.41) is 32.4. The smallest absolute Gasteiger partial charge is 0.0757 e. The quantitative estimate of drug-likeness (QED) is 0.529. The van der Waals surface area contributed by atoms with Gasteiger partial charge in [0.15, 0.2) is 0 Å². The van der Waals surface area contributed by atoms with Crippen LogP contribution >= 0.6 is 0 Å². The van der Waals surface area contributed by atoms with Crippen LogP contribution in [0.1, 0.15) is 92.4 Å². The Bertz CT molecular complexity index is 656. The Morgan fingerprint density at radius 1 is 0.967 bits per heavy atom. The fourth-order valence-corrected chi connectivity index (χ4v) is 8.57. The van der Waals surface area contributed by atoms with Crippen LogP contribution in [0.4, 0.5) is 0 Å². The standard InChI is InChI=1S/C27H46O3/c1-16(2)6-9-23(29)17(3)20-7-8-21-25-22(11-13-27(20,21)5)26(4)12-10-19(28)14-18(26)15-24(25)30/h15-17,19-25,28-30H,6-14H2,1-5H3. The van der Waals surface area contributed by atoms with Gasteiger partial charge in [-0.2, -0.15) is 0 Å². The molecular weight excluding hydrogens is 372 g/mol. The van der Waals surface area contributed by atoms with Gasteiger partial charge in [-0.3, -0.25) is 0 Å². The van der Waals surface area contributed by atoms with Crippen molar-refractivity contribution in [3.63, 3.8) is 0 Å². The van der Waals surface area contributed by atoms with E-state index in [4.69, 9.17) is 0 Å². The second-order valence-corrected chi connectivity index (χ2v) is 12.4. The summed E-state index contributed by atoms with van der Waals surface area (Å²) < 4.78 is 0. The lowest BCUT2D eigenvalue weighted by atomic mass is 9.46. The molecule has 0 aliphatic heterocycles. The van der Waals surface area contributed by atoms with Crippen LogP contribution < -0.4 is 0 Å². The fraction of sp³-hybridized carbons (Fsp3) is 0.926. The average molecular weight is 419 g/mol. The molecule has 172 valence electrons. The molecule has 4 aliphatic carbocycles. The number of hydrogen-bond acceptors (Lipinski definition) is 3. The zero-order chi connectivity index (χ0) is 21.8. The van der Waals surface area contributed by atoms with Crippen LogP contribution in [0.25, 0.3) is 0 Å². The van der Waals surface area contributed by atoms with Crippen molar-refractivity contribution >= 4 is 0 Å². The first-order valence-electron chi connectivity index (χ1n) is 12.8. The van der Waals surface area contributed by atoms with Gasteiger partial charge in [0.2, 0.25) is 0 Å². The van der Waals surface area contributed by atoms with E-state index in [0.29, 0.717) is 35.5 Å². The van der Waals surface area contributed by atoms with Gasteiger partial charge in [0.25, 0.3) is 0 Å². The summed E-state index contributed by atoms with van der Waals surface area (Å²) in [4.78, 5) is 0. The van der Waals surface area contributed by atoms with Gasteiger partial charge in [0.05, 0.1) is 18.3 Å². The third kappa shape index (κ3) is 3.61. The molecule has 0 aromatic rings. The molecule has 0 heterocycles. The fourth-order valence-electron chi connectivity index (χ4n) is 8.57. The van der Waals surface area contributed by atoms with Crippen LogP contribution in [0.15, 0.2) is 11.6 Å². The molecule has 4 rings (SSSR count). The highest BCUT2D eigenvalue weighted by Crippen LogP contribution is 2.67. The lowest BCUT2D eigenvalue weighted by Gasteiger charge is -2.59. The molecule has 3 nitrogen and oxygen atoms in total. The molecule has 0 aromatic heterocycles. The molecule has 10 atom stereocenters. The summed E-state index contributed by atoms with van der Waals surface area (Å²) in [5.74, 6) is 2.97. The summed E-state index contributed by atoms with van der Waals surface area (Å²) in [6, 6.07) is 0. The van der Waals surface area contributed by atoms with Crippen molar-refractivity contribution in [3.8, 4) is 0 Å². The second kappa shape index (κ2) is 8.19. The highest BCUT2D eigenvalue weighted by atomic mass is 16.3. The third-order valence-corrected chi connectivity index (χ3v) is 10.5. The predicted octanol–water partition coefficient (Wildman–Crippen LogP) is 5.33. The maximum Gasteiger partial charge on any atom is 0.0757 e. The van der Waals surface area contributed by atoms with Crippen molar-refractivity contribution in [2.45, 2.75) is 111 Å². The van der Waals surface area contributed by atoms with E-state index >= 15 is 0 Å². The summed E-state index contributed by atoms with van der Waals surface area (Å²) in [7, 11) is 0. The minimum absolute atomic E-state index is 0.158. The number of aliphatic hydroxyl groups excluding tert-OH is 3. The van der Waals surface area contributed by atoms with Crippen molar-refractivity contribution < 1.29 is 15.3 Å². The average Bonchev–Trinajstić information content (AvgIpc) is 3.04. The van der Waals surface area contributed by atoms with E-state index in [2.05, 4.69) is 40.7 Å². The van der Waals surface area contributed by atoms with Crippen LogP contribution in [-0.4, -0.2) is 33.6 Å². The van der Waals surface area contributed by atoms with Crippen molar-refractivity contribution in [3.05, 3.63) is 11.6 Å². The molecule has 0 aromatic carbocycles. The summed E-state index contributed by atoms with van der Waals surface area (Å²) in [6.45, 7) is 11.7. The topological polar surface area (TPSA) is 60.7 Å². The number of hydrogen-bond donors (Lipinski definition) is 3. The third-order valence-electron chi connectivity index (χ3n) is 10.5. The molecule has 3 saturated carbocycles. The van der Waals surface area contributed by atoms with Crippen LogP contribution in [0.5, 0.6) is 0 Å². The van der Waals surface area contributed by atoms with Crippen molar-refractivity contribution in [2.75, 3.05) is 0 Å². The SMILES string of the molecule is CC(C)CCC(O)C(C)C1CCC2C3C(O)C=C4CC(O)CCC4(C)C3CCC12C. The second-order valence-electron chi connectivity index (χ2n) is 12.4. The molecule has 0 saturated heterocycles. The van der Waals surface area contributed by atoms with Gasteiger partial charge in [-0.05, 0) is 104 Å². The van der Waals surface area contributed by atoms with E-state index < -0.39 is 0 Å². The molecule has 10 unspecified atom stereocenters. The molecule has 0 spiro atoms. The number of aliphatic hydroxyl groups is 3. The molecule has 3 N–H and O–H groups in total. The van der Waals surface area contributed by atoms with Crippen LogP contribution in [-0.2, 0) is 0 Å². The Kier molecular flexibility index (Phi) is 6.23. The molecule has 3 fully saturated rings. The molecule has 30 heavy (non-hydrogen) atoms. The van der Waals surface area contributed by atoms with Gasteiger partial charge in [-0.25, -0.2) is 0 Å². The zero-order valence-electron chi connectivity index (χ0n) is 20.0. The Balaban J connectivity index is 1.56. The summed E-state index contributed by atoms with van der Waals surface area (Å²) >= 11 is 0. The molecular formula is C27H46O3. The van der Waals surface area contributed by atoms with E-state index in [0.717, 1.165) is 32.1 Å². The van der Waals surface area contributed by atoms with Gasteiger partial charge in [-0.1, -0.05) is 46.3 Å². The summed E-state index contributed by atoms with van der Waals surface area (Å²) in [5.41, 5.74) is 1.71. The van der Waals surface area contributed by atoms with E-state index in [9.17, 15) is 15.3 Å². The highest BCUT2D eigenvalue weighted by molar-refractivity contribution is 5.28. The van der Waals surface area contributed by atoms with Crippen molar-refractivity contribution in [1.29, 1.82) is 0 Å². The van der Waals surface area contributed by atoms with Gasteiger partial charge in [-0.15, -0.1) is 0 Å². The Hall–Kier alpha value is -0.380. The van der Waals surface area contributed by atoms with Crippen LogP contribution in [0.3, 0.4) is 0 Å².